The maximum Gasteiger partial charge on any atom is 0.227 e. The monoisotopic (exact) mass is 288 g/mol. The SMILES string of the molecule is O=C(Cc1ccccc1O)N(CC1CCNCC1)C1CC1. The molecule has 1 heterocycles. The van der Waals surface area contributed by atoms with Gasteiger partial charge in [0.25, 0.3) is 0 Å². The number of phenols is 1. The number of rotatable bonds is 5. The van der Waals surface area contributed by atoms with Crippen LogP contribution in [-0.2, 0) is 11.2 Å². The van der Waals surface area contributed by atoms with E-state index in [0.29, 0.717) is 18.4 Å². The van der Waals surface area contributed by atoms with E-state index in [1.54, 1.807) is 12.1 Å². The van der Waals surface area contributed by atoms with Crippen LogP contribution >= 0.6 is 0 Å². The van der Waals surface area contributed by atoms with Gasteiger partial charge in [0.2, 0.25) is 5.91 Å². The number of nitrogens with zero attached hydrogens (tertiary/aromatic N) is 1. The number of aromatic hydroxyl groups is 1. The molecule has 114 valence electrons. The first-order chi connectivity index (χ1) is 10.2. The summed E-state index contributed by atoms with van der Waals surface area (Å²) < 4.78 is 0. The Kier molecular flexibility index (Phi) is 4.44. The lowest BCUT2D eigenvalue weighted by molar-refractivity contribution is -0.131. The third kappa shape index (κ3) is 3.76. The first kappa shape index (κ1) is 14.4. The molecule has 1 aliphatic carbocycles. The molecule has 2 aliphatic rings. The van der Waals surface area contributed by atoms with Crippen molar-refractivity contribution in [1.82, 2.24) is 10.2 Å². The molecular formula is C17H24N2O2. The standard InChI is InChI=1S/C17H24N2O2/c20-16-4-2-1-3-14(16)11-17(21)19(15-5-6-15)12-13-7-9-18-10-8-13/h1-4,13,15,18,20H,5-12H2. The topological polar surface area (TPSA) is 52.6 Å². The summed E-state index contributed by atoms with van der Waals surface area (Å²) in [5, 5.41) is 13.2. The van der Waals surface area contributed by atoms with Crippen LogP contribution in [0.1, 0.15) is 31.2 Å². The number of carbonyl (C=O) groups is 1. The smallest absolute Gasteiger partial charge is 0.227 e. The van der Waals surface area contributed by atoms with Gasteiger partial charge in [-0.1, -0.05) is 18.2 Å². The first-order valence-electron chi connectivity index (χ1n) is 8.01. The van der Waals surface area contributed by atoms with Gasteiger partial charge in [-0.25, -0.2) is 0 Å². The minimum atomic E-state index is 0.164. The average molecular weight is 288 g/mol. The van der Waals surface area contributed by atoms with E-state index in [0.717, 1.165) is 50.9 Å². The summed E-state index contributed by atoms with van der Waals surface area (Å²) in [6.45, 7) is 3.02. The molecule has 2 fully saturated rings. The van der Waals surface area contributed by atoms with Gasteiger partial charge in [0.15, 0.2) is 0 Å². The second kappa shape index (κ2) is 6.48. The highest BCUT2D eigenvalue weighted by atomic mass is 16.3. The van der Waals surface area contributed by atoms with Gasteiger partial charge in [-0.2, -0.15) is 0 Å². The predicted molar refractivity (Wildman–Crippen MR) is 82.1 cm³/mol. The second-order valence-electron chi connectivity index (χ2n) is 6.28. The summed E-state index contributed by atoms with van der Waals surface area (Å²) in [6.07, 6.45) is 4.91. The van der Waals surface area contributed by atoms with Crippen molar-refractivity contribution < 1.29 is 9.90 Å². The first-order valence-corrected chi connectivity index (χ1v) is 8.01. The quantitative estimate of drug-likeness (QED) is 0.870. The van der Waals surface area contributed by atoms with Crippen LogP contribution in [0.4, 0.5) is 0 Å². The van der Waals surface area contributed by atoms with Gasteiger partial charge in [-0.3, -0.25) is 4.79 Å². The van der Waals surface area contributed by atoms with Crippen LogP contribution in [0.2, 0.25) is 0 Å². The lowest BCUT2D eigenvalue weighted by atomic mass is 9.97. The predicted octanol–water partition coefficient (Wildman–Crippen LogP) is 1.93. The Morgan fingerprint density at radius 3 is 2.57 bits per heavy atom. The second-order valence-corrected chi connectivity index (χ2v) is 6.28. The van der Waals surface area contributed by atoms with Gasteiger partial charge in [0.05, 0.1) is 6.42 Å². The maximum atomic E-state index is 12.6. The molecule has 0 radical (unpaired) electrons. The average Bonchev–Trinajstić information content (AvgIpc) is 3.33. The fourth-order valence-corrected chi connectivity index (χ4v) is 3.11. The fraction of sp³-hybridized carbons (Fsp3) is 0.588. The minimum absolute atomic E-state index is 0.164. The number of amides is 1. The minimum Gasteiger partial charge on any atom is -0.508 e. The summed E-state index contributed by atoms with van der Waals surface area (Å²) in [5.41, 5.74) is 0.735. The molecule has 0 unspecified atom stereocenters. The Morgan fingerprint density at radius 2 is 1.90 bits per heavy atom. The number of phenolic OH excluding ortho intramolecular Hbond substituents is 1. The maximum absolute atomic E-state index is 12.6. The van der Waals surface area contributed by atoms with Crippen molar-refractivity contribution in [1.29, 1.82) is 0 Å². The summed E-state index contributed by atoms with van der Waals surface area (Å²) >= 11 is 0. The molecule has 2 N–H and O–H groups in total. The number of para-hydroxylation sites is 1. The van der Waals surface area contributed by atoms with Gasteiger partial charge in [0.1, 0.15) is 5.75 Å². The fourth-order valence-electron chi connectivity index (χ4n) is 3.11. The number of piperidine rings is 1. The van der Waals surface area contributed by atoms with Crippen LogP contribution < -0.4 is 5.32 Å². The highest BCUT2D eigenvalue weighted by Gasteiger charge is 2.34. The van der Waals surface area contributed by atoms with Crippen molar-refractivity contribution in [2.45, 2.75) is 38.1 Å². The van der Waals surface area contributed by atoms with E-state index in [1.165, 1.54) is 0 Å². The van der Waals surface area contributed by atoms with Gasteiger partial charge >= 0.3 is 0 Å². The molecule has 1 aliphatic heterocycles. The van der Waals surface area contributed by atoms with E-state index < -0.39 is 0 Å². The van der Waals surface area contributed by atoms with Gasteiger partial charge in [-0.15, -0.1) is 0 Å². The Morgan fingerprint density at radius 1 is 1.19 bits per heavy atom. The molecular weight excluding hydrogens is 264 g/mol. The zero-order chi connectivity index (χ0) is 14.7. The van der Waals surface area contributed by atoms with Crippen LogP contribution in [0.3, 0.4) is 0 Å². The number of hydrogen-bond acceptors (Lipinski definition) is 3. The molecule has 21 heavy (non-hydrogen) atoms. The summed E-state index contributed by atoms with van der Waals surface area (Å²) in [5.74, 6) is 1.01. The third-order valence-electron chi connectivity index (χ3n) is 4.55. The summed E-state index contributed by atoms with van der Waals surface area (Å²) in [7, 11) is 0. The number of nitrogens with one attached hydrogen (secondary N) is 1. The van der Waals surface area contributed by atoms with Crippen molar-refractivity contribution >= 4 is 5.91 Å². The molecule has 1 aromatic carbocycles. The van der Waals surface area contributed by atoms with E-state index in [2.05, 4.69) is 10.2 Å². The van der Waals surface area contributed by atoms with E-state index in [-0.39, 0.29) is 11.7 Å². The van der Waals surface area contributed by atoms with Crippen LogP contribution in [0.25, 0.3) is 0 Å². The zero-order valence-electron chi connectivity index (χ0n) is 12.4. The molecule has 4 nitrogen and oxygen atoms in total. The normalized spacial score (nSPS) is 19.4. The van der Waals surface area contributed by atoms with Crippen molar-refractivity contribution in [3.8, 4) is 5.75 Å². The van der Waals surface area contributed by atoms with Crippen LogP contribution in [-0.4, -0.2) is 41.6 Å². The Bertz CT molecular complexity index is 493. The molecule has 0 atom stereocenters. The van der Waals surface area contributed by atoms with Gasteiger partial charge in [0, 0.05) is 18.2 Å². The Labute approximate surface area is 126 Å². The molecule has 1 saturated heterocycles. The van der Waals surface area contributed by atoms with Crippen molar-refractivity contribution in [2.24, 2.45) is 5.92 Å². The number of hydrogen-bond donors (Lipinski definition) is 2. The molecule has 4 heteroatoms. The van der Waals surface area contributed by atoms with E-state index >= 15 is 0 Å². The van der Waals surface area contributed by atoms with Crippen molar-refractivity contribution in [3.63, 3.8) is 0 Å². The van der Waals surface area contributed by atoms with E-state index in [4.69, 9.17) is 0 Å². The number of benzene rings is 1. The van der Waals surface area contributed by atoms with Crippen LogP contribution in [0, 0.1) is 5.92 Å². The molecule has 0 bridgehead atoms. The number of carbonyl (C=O) groups excluding carboxylic acids is 1. The Hall–Kier alpha value is -1.55. The molecule has 0 spiro atoms. The summed E-state index contributed by atoms with van der Waals surface area (Å²) in [4.78, 5) is 14.7. The van der Waals surface area contributed by atoms with E-state index in [9.17, 15) is 9.90 Å². The van der Waals surface area contributed by atoms with Gasteiger partial charge in [-0.05, 0) is 50.8 Å². The zero-order valence-corrected chi connectivity index (χ0v) is 12.4. The van der Waals surface area contributed by atoms with E-state index in [1.807, 2.05) is 12.1 Å². The molecule has 3 rings (SSSR count). The molecule has 0 aromatic heterocycles. The van der Waals surface area contributed by atoms with Crippen LogP contribution in [0.15, 0.2) is 24.3 Å². The lowest BCUT2D eigenvalue weighted by Crippen LogP contribution is -2.41. The molecule has 1 saturated carbocycles. The van der Waals surface area contributed by atoms with Crippen molar-refractivity contribution in [2.75, 3.05) is 19.6 Å². The largest absolute Gasteiger partial charge is 0.508 e. The summed E-state index contributed by atoms with van der Waals surface area (Å²) in [6, 6.07) is 7.59. The molecule has 1 aromatic rings. The molecule has 1 amide bonds. The Balaban J connectivity index is 1.63. The highest BCUT2D eigenvalue weighted by Crippen LogP contribution is 2.30. The highest BCUT2D eigenvalue weighted by molar-refractivity contribution is 5.80. The van der Waals surface area contributed by atoms with Crippen LogP contribution in [0.5, 0.6) is 5.75 Å². The lowest BCUT2D eigenvalue weighted by Gasteiger charge is -2.30. The van der Waals surface area contributed by atoms with Gasteiger partial charge < -0.3 is 15.3 Å². The third-order valence-corrected chi connectivity index (χ3v) is 4.55. The van der Waals surface area contributed by atoms with Crippen molar-refractivity contribution in [3.05, 3.63) is 29.8 Å².